The first-order chi connectivity index (χ1) is 8.66. The van der Waals surface area contributed by atoms with E-state index in [1.807, 2.05) is 12.1 Å². The van der Waals surface area contributed by atoms with Crippen LogP contribution in [0.1, 0.15) is 22.7 Å². The summed E-state index contributed by atoms with van der Waals surface area (Å²) in [6.07, 6.45) is 1.80. The highest BCUT2D eigenvalue weighted by molar-refractivity contribution is 7.71. The average molecular weight is 275 g/mol. The number of imidazole rings is 1. The molecule has 0 aliphatic carbocycles. The highest BCUT2D eigenvalue weighted by Crippen LogP contribution is 2.28. The van der Waals surface area contributed by atoms with Gasteiger partial charge in [0.1, 0.15) is 0 Å². The Balaban J connectivity index is 2.19. The maximum atomic E-state index is 5.41. The van der Waals surface area contributed by atoms with E-state index in [9.17, 15) is 0 Å². The molecule has 1 atom stereocenters. The third-order valence-electron chi connectivity index (χ3n) is 3.04. The Morgan fingerprint density at radius 1 is 1.39 bits per heavy atom. The number of aromatic nitrogens is 3. The maximum absolute atomic E-state index is 5.41. The number of thiophene rings is 1. The summed E-state index contributed by atoms with van der Waals surface area (Å²) < 4.78 is 2.80. The summed E-state index contributed by atoms with van der Waals surface area (Å²) >= 11 is 7.21. The summed E-state index contributed by atoms with van der Waals surface area (Å²) in [6.45, 7) is 4.27. The zero-order valence-corrected chi connectivity index (χ0v) is 11.8. The average Bonchev–Trinajstić information content (AvgIpc) is 2.91. The summed E-state index contributed by atoms with van der Waals surface area (Å²) in [5.41, 5.74) is 1.91. The number of pyridine rings is 1. The van der Waals surface area contributed by atoms with Crippen molar-refractivity contribution in [3.8, 4) is 0 Å². The van der Waals surface area contributed by atoms with Gasteiger partial charge in [-0.15, -0.1) is 11.3 Å². The normalized spacial score (nSPS) is 13.0. The van der Waals surface area contributed by atoms with Crippen molar-refractivity contribution in [2.24, 2.45) is 0 Å². The Labute approximate surface area is 114 Å². The van der Waals surface area contributed by atoms with Gasteiger partial charge in [0.15, 0.2) is 10.4 Å². The van der Waals surface area contributed by atoms with Gasteiger partial charge in [0, 0.05) is 16.0 Å². The van der Waals surface area contributed by atoms with Gasteiger partial charge in [-0.3, -0.25) is 4.57 Å². The van der Waals surface area contributed by atoms with Crippen LogP contribution in [0.15, 0.2) is 30.5 Å². The van der Waals surface area contributed by atoms with E-state index in [1.54, 1.807) is 17.5 Å². The number of nitrogens with zero attached hydrogens (tertiary/aromatic N) is 2. The topological polar surface area (TPSA) is 33.6 Å². The summed E-state index contributed by atoms with van der Waals surface area (Å²) in [5.74, 6) is 0. The highest BCUT2D eigenvalue weighted by Gasteiger charge is 2.14. The lowest BCUT2D eigenvalue weighted by Gasteiger charge is -2.11. The van der Waals surface area contributed by atoms with Crippen LogP contribution in [0, 0.1) is 11.7 Å². The van der Waals surface area contributed by atoms with Crippen molar-refractivity contribution in [3.05, 3.63) is 45.0 Å². The Kier molecular flexibility index (Phi) is 2.80. The van der Waals surface area contributed by atoms with Crippen LogP contribution in [0.4, 0.5) is 0 Å². The Hall–Kier alpha value is -1.46. The van der Waals surface area contributed by atoms with Crippen molar-refractivity contribution in [2.45, 2.75) is 19.9 Å². The molecule has 0 aliphatic rings. The number of aromatic amines is 1. The lowest BCUT2D eigenvalue weighted by atomic mass is 10.2. The SMILES string of the molecule is Cc1ccc(C(C)n2c(=S)[nH]c3cccnc32)s1. The zero-order valence-electron chi connectivity index (χ0n) is 10.2. The molecule has 3 heterocycles. The van der Waals surface area contributed by atoms with Gasteiger partial charge in [-0.05, 0) is 50.3 Å². The van der Waals surface area contributed by atoms with E-state index >= 15 is 0 Å². The quantitative estimate of drug-likeness (QED) is 0.715. The largest absolute Gasteiger partial charge is 0.329 e. The summed E-state index contributed by atoms with van der Waals surface area (Å²) in [4.78, 5) is 10.2. The van der Waals surface area contributed by atoms with E-state index in [1.165, 1.54) is 9.75 Å². The second kappa shape index (κ2) is 4.33. The van der Waals surface area contributed by atoms with E-state index in [-0.39, 0.29) is 6.04 Å². The van der Waals surface area contributed by atoms with Crippen molar-refractivity contribution in [1.29, 1.82) is 0 Å². The number of nitrogens with one attached hydrogen (secondary N) is 1. The summed E-state index contributed by atoms with van der Waals surface area (Å²) in [5, 5.41) is 0. The Morgan fingerprint density at radius 2 is 2.22 bits per heavy atom. The third kappa shape index (κ3) is 1.79. The van der Waals surface area contributed by atoms with Crippen molar-refractivity contribution in [2.75, 3.05) is 0 Å². The molecule has 3 aromatic rings. The number of rotatable bonds is 2. The number of aryl methyl sites for hydroxylation is 1. The fourth-order valence-corrected chi connectivity index (χ4v) is 3.40. The van der Waals surface area contributed by atoms with Crippen molar-refractivity contribution >= 4 is 34.7 Å². The smallest absolute Gasteiger partial charge is 0.179 e. The Bertz CT molecular complexity index is 751. The van der Waals surface area contributed by atoms with E-state index in [4.69, 9.17) is 12.2 Å². The molecule has 0 spiro atoms. The third-order valence-corrected chi connectivity index (χ3v) is 4.51. The minimum atomic E-state index is 0.208. The van der Waals surface area contributed by atoms with Crippen LogP contribution >= 0.6 is 23.6 Å². The van der Waals surface area contributed by atoms with E-state index in [2.05, 4.69) is 40.5 Å². The molecule has 3 rings (SSSR count). The van der Waals surface area contributed by atoms with Crippen LogP contribution in [-0.2, 0) is 0 Å². The standard InChI is InChI=1S/C13H13N3S2/c1-8-5-6-11(18-8)9(2)16-12-10(15-13(16)17)4-3-7-14-12/h3-7,9H,1-2H3,(H,15,17). The van der Waals surface area contributed by atoms with Crippen LogP contribution in [0.3, 0.4) is 0 Å². The fraction of sp³-hybridized carbons (Fsp3) is 0.231. The predicted octanol–water partition coefficient (Wildman–Crippen LogP) is 4.07. The highest BCUT2D eigenvalue weighted by atomic mass is 32.1. The van der Waals surface area contributed by atoms with Gasteiger partial charge in [0.2, 0.25) is 0 Å². The number of hydrogen-bond donors (Lipinski definition) is 1. The first-order valence-electron chi connectivity index (χ1n) is 5.78. The summed E-state index contributed by atoms with van der Waals surface area (Å²) in [7, 11) is 0. The van der Waals surface area contributed by atoms with Gasteiger partial charge < -0.3 is 4.98 Å². The molecule has 0 saturated carbocycles. The second-order valence-electron chi connectivity index (χ2n) is 4.30. The molecule has 92 valence electrons. The van der Waals surface area contributed by atoms with Gasteiger partial charge in [-0.1, -0.05) is 0 Å². The predicted molar refractivity (Wildman–Crippen MR) is 77.8 cm³/mol. The lowest BCUT2D eigenvalue weighted by molar-refractivity contribution is 0.655. The molecule has 0 radical (unpaired) electrons. The molecule has 3 aromatic heterocycles. The number of fused-ring (bicyclic) bond motifs is 1. The van der Waals surface area contributed by atoms with E-state index < -0.39 is 0 Å². The molecule has 0 fully saturated rings. The Morgan fingerprint density at radius 3 is 2.94 bits per heavy atom. The van der Waals surface area contributed by atoms with E-state index in [0.717, 1.165) is 15.9 Å². The van der Waals surface area contributed by atoms with Crippen LogP contribution in [-0.4, -0.2) is 14.5 Å². The monoisotopic (exact) mass is 275 g/mol. The molecule has 18 heavy (non-hydrogen) atoms. The fourth-order valence-electron chi connectivity index (χ4n) is 2.12. The minimum absolute atomic E-state index is 0.208. The van der Waals surface area contributed by atoms with Crippen LogP contribution in [0.25, 0.3) is 11.2 Å². The molecular formula is C13H13N3S2. The molecular weight excluding hydrogens is 262 g/mol. The maximum Gasteiger partial charge on any atom is 0.179 e. The second-order valence-corrected chi connectivity index (χ2v) is 6.01. The number of H-pyrrole nitrogens is 1. The van der Waals surface area contributed by atoms with Crippen LogP contribution < -0.4 is 0 Å². The van der Waals surface area contributed by atoms with Crippen molar-refractivity contribution in [1.82, 2.24) is 14.5 Å². The van der Waals surface area contributed by atoms with Crippen LogP contribution in [0.2, 0.25) is 0 Å². The van der Waals surface area contributed by atoms with Gasteiger partial charge in [0.05, 0.1) is 11.6 Å². The van der Waals surface area contributed by atoms with E-state index in [0.29, 0.717) is 0 Å². The molecule has 5 heteroatoms. The van der Waals surface area contributed by atoms with Gasteiger partial charge in [-0.2, -0.15) is 0 Å². The molecule has 1 unspecified atom stereocenters. The van der Waals surface area contributed by atoms with Gasteiger partial charge >= 0.3 is 0 Å². The lowest BCUT2D eigenvalue weighted by Crippen LogP contribution is -2.05. The molecule has 0 bridgehead atoms. The molecule has 0 saturated heterocycles. The minimum Gasteiger partial charge on any atom is -0.329 e. The van der Waals surface area contributed by atoms with Crippen LogP contribution in [0.5, 0.6) is 0 Å². The molecule has 0 aromatic carbocycles. The van der Waals surface area contributed by atoms with Gasteiger partial charge in [-0.25, -0.2) is 4.98 Å². The zero-order chi connectivity index (χ0) is 12.7. The van der Waals surface area contributed by atoms with Crippen molar-refractivity contribution < 1.29 is 0 Å². The molecule has 1 N–H and O–H groups in total. The molecule has 3 nitrogen and oxygen atoms in total. The molecule has 0 amide bonds. The van der Waals surface area contributed by atoms with Crippen molar-refractivity contribution in [3.63, 3.8) is 0 Å². The first kappa shape index (κ1) is 11.6. The van der Waals surface area contributed by atoms with Gasteiger partial charge in [0.25, 0.3) is 0 Å². The summed E-state index contributed by atoms with van der Waals surface area (Å²) in [6, 6.07) is 8.43. The first-order valence-corrected chi connectivity index (χ1v) is 7.01. The number of hydrogen-bond acceptors (Lipinski definition) is 3. The molecule has 0 aliphatic heterocycles.